The van der Waals surface area contributed by atoms with Crippen LogP contribution >= 0.6 is 74.5 Å². The number of halogens is 18. The molecule has 410 valence electrons. The second kappa shape index (κ2) is 44.4. The van der Waals surface area contributed by atoms with Gasteiger partial charge in [-0.05, 0) is 33.7 Å². The Bertz CT molecular complexity index is 1740. The molecule has 0 atom stereocenters. The van der Waals surface area contributed by atoms with Gasteiger partial charge in [-0.15, -0.1) is 56.0 Å². The summed E-state index contributed by atoms with van der Waals surface area (Å²) >= 11 is 23.9. The van der Waals surface area contributed by atoms with E-state index in [0.717, 1.165) is 17.1 Å². The van der Waals surface area contributed by atoms with Crippen molar-refractivity contribution in [1.82, 2.24) is 57.3 Å². The molecule has 0 bridgehead atoms. The summed E-state index contributed by atoms with van der Waals surface area (Å²) in [5.74, 6) is 0.172. The van der Waals surface area contributed by atoms with Gasteiger partial charge in [0.1, 0.15) is 23.4 Å². The highest BCUT2D eigenvalue weighted by Gasteiger charge is 2.41. The van der Waals surface area contributed by atoms with Gasteiger partial charge in [0.15, 0.2) is 0 Å². The number of carbonyl (C=O) groups excluding carboxylic acids is 3. The molecule has 3 amide bonds. The number of amidine groups is 1. The summed E-state index contributed by atoms with van der Waals surface area (Å²) in [5, 5.41) is 29.2. The van der Waals surface area contributed by atoms with Crippen LogP contribution in [0.15, 0.2) is 9.41 Å². The van der Waals surface area contributed by atoms with Crippen molar-refractivity contribution in [3.05, 3.63) is 23.4 Å². The van der Waals surface area contributed by atoms with E-state index in [0.29, 0.717) is 51.6 Å². The standard InChI is InChI=1S/C6H9F3N4O.C6H7F3N4.C4H4ClF3N2O2.C4H2ClF3N2O.C2H8N2.C2H3N.CH4O.2CH4.Cl3OP.ClH.H4N2/c7-6(8,9)5(14)13-12-4-3-10-1-2-11-4;7-6(8,9)5-12-11-4-3-10-1-2-13(4)5;5-1-2(11)9-10-3(12)4(6,7)8;5-1-2-9-10-3(11-2)4(6,7)8;3-1-2-4;1-2-3;1-2;;;1-5(2,3)4;;1-2/h10H,1-3H2,(H,11,12)(H,13,14);10H,1-3H2;1H2,(H,9,11)(H,10,12);1H2;1-4H2;1H3;2H,1H3;2*1H4;;1H;1-2H2. The summed E-state index contributed by atoms with van der Waals surface area (Å²) in [6.07, 6.45) is -18.9. The highest BCUT2D eigenvalue weighted by Crippen LogP contribution is 2.61. The molecule has 2 aliphatic heterocycles. The van der Waals surface area contributed by atoms with Gasteiger partial charge >= 0.3 is 47.6 Å². The Labute approximate surface area is 415 Å². The lowest BCUT2D eigenvalue weighted by atomic mass is 10.4. The lowest BCUT2D eigenvalue weighted by Gasteiger charge is -2.16. The normalized spacial score (nSPS) is 12.1. The number of aliphatic hydroxyl groups excluding tert-OH is 1. The number of aliphatic hydroxyl groups is 1. The maximum absolute atomic E-state index is 12.3. The first kappa shape index (κ1) is 82.4. The van der Waals surface area contributed by atoms with E-state index in [1.807, 2.05) is 0 Å². The van der Waals surface area contributed by atoms with E-state index in [4.69, 9.17) is 45.0 Å². The zero-order valence-electron chi connectivity index (χ0n) is 33.8. The topological polar surface area (TPSA) is 371 Å². The number of aromatic nitrogens is 5. The minimum Gasteiger partial charge on any atom is -0.416 e. The first-order chi connectivity index (χ1) is 30.3. The van der Waals surface area contributed by atoms with Crippen molar-refractivity contribution in [2.45, 2.75) is 65.5 Å². The van der Waals surface area contributed by atoms with E-state index in [9.17, 15) is 71.6 Å². The fourth-order valence-electron chi connectivity index (χ4n) is 2.77. The van der Waals surface area contributed by atoms with Gasteiger partial charge in [0.2, 0.25) is 11.7 Å². The second-order valence-electron chi connectivity index (χ2n) is 9.81. The summed E-state index contributed by atoms with van der Waals surface area (Å²) < 4.78 is 156. The Balaban J connectivity index is -0.000000107. The lowest BCUT2D eigenvalue weighted by Crippen LogP contribution is -2.51. The number of alkyl halides is 14. The van der Waals surface area contributed by atoms with E-state index < -0.39 is 65.2 Å². The average molecular weight is 1180 g/mol. The fourth-order valence-corrected chi connectivity index (χ4v) is 2.95. The Morgan fingerprint density at radius 2 is 1.26 bits per heavy atom. The predicted molar refractivity (Wildman–Crippen MR) is 233 cm³/mol. The molecule has 4 heterocycles. The van der Waals surface area contributed by atoms with Gasteiger partial charge in [-0.2, -0.15) is 57.9 Å². The Hall–Kier alpha value is -3.50. The number of amides is 3. The van der Waals surface area contributed by atoms with Crippen LogP contribution in [-0.2, 0) is 50.3 Å². The lowest BCUT2D eigenvalue weighted by molar-refractivity contribution is -0.175. The van der Waals surface area contributed by atoms with Crippen LogP contribution in [0.5, 0.6) is 0 Å². The van der Waals surface area contributed by atoms with Crippen LogP contribution in [0.4, 0.5) is 52.7 Å². The number of aliphatic imine (C=N–C) groups is 1. The quantitative estimate of drug-likeness (QED) is 0.0686. The molecule has 2 aromatic heterocycles. The van der Waals surface area contributed by atoms with Crippen LogP contribution in [0.2, 0.25) is 0 Å². The molecule has 0 aromatic carbocycles. The van der Waals surface area contributed by atoms with Crippen LogP contribution in [0.25, 0.3) is 0 Å². The number of nitriles is 1. The van der Waals surface area contributed by atoms with Gasteiger partial charge in [0.05, 0.1) is 25.7 Å². The third kappa shape index (κ3) is 47.9. The molecule has 0 unspecified atom stereocenters. The minimum atomic E-state index is -5.01. The molecule has 2 aliphatic rings. The molecule has 0 radical (unpaired) electrons. The van der Waals surface area contributed by atoms with E-state index >= 15 is 0 Å². The molecule has 23 nitrogen and oxygen atoms in total. The highest BCUT2D eigenvalue weighted by molar-refractivity contribution is 8.24. The number of hydrazine groups is 3. The fraction of sp³-hybridized carbons (Fsp3) is 0.667. The van der Waals surface area contributed by atoms with Crippen LogP contribution < -0.4 is 55.5 Å². The number of nitrogens with zero attached hydrogens (tertiary/aromatic N) is 7. The van der Waals surface area contributed by atoms with Crippen molar-refractivity contribution < 1.29 is 81.2 Å². The molecule has 15 N–H and O–H groups in total. The minimum absolute atomic E-state index is 0. The summed E-state index contributed by atoms with van der Waals surface area (Å²) in [6, 6.07) is 1.75. The first-order valence-corrected chi connectivity index (χ1v) is 21.8. The predicted octanol–water partition coefficient (Wildman–Crippen LogP) is 3.70. The number of hydrogen-bond donors (Lipinski definition) is 11. The number of fused-ring (bicyclic) bond motifs is 1. The summed E-state index contributed by atoms with van der Waals surface area (Å²) in [5.41, 5.74) is 16.0. The average Bonchev–Trinajstić information content (AvgIpc) is 3.92. The molecule has 69 heavy (non-hydrogen) atoms. The number of nitrogens with one attached hydrogen (secondary N) is 6. The van der Waals surface area contributed by atoms with Gasteiger partial charge in [0, 0.05) is 46.8 Å². The molecule has 0 saturated carbocycles. The maximum atomic E-state index is 12.3. The molecule has 42 heteroatoms. The Morgan fingerprint density at radius 3 is 1.59 bits per heavy atom. The van der Waals surface area contributed by atoms with E-state index in [-0.39, 0.29) is 51.4 Å². The van der Waals surface area contributed by atoms with E-state index in [1.165, 1.54) is 17.8 Å². The van der Waals surface area contributed by atoms with Crippen molar-refractivity contribution in [1.29, 1.82) is 5.26 Å². The number of rotatable bonds is 3. The molecule has 2 aromatic rings. The molecular formula is C27H50Cl6F12N17O6P. The van der Waals surface area contributed by atoms with Crippen molar-refractivity contribution in [2.24, 2.45) is 28.1 Å². The molecular weight excluding hydrogens is 1130 g/mol. The zero-order valence-corrected chi connectivity index (χ0v) is 39.3. The van der Waals surface area contributed by atoms with E-state index in [2.05, 4.69) is 91.3 Å². The largest absolute Gasteiger partial charge is 0.472 e. The van der Waals surface area contributed by atoms with E-state index in [1.54, 1.807) is 6.07 Å². The smallest absolute Gasteiger partial charge is 0.416 e. The summed E-state index contributed by atoms with van der Waals surface area (Å²) in [4.78, 5) is 34.4. The van der Waals surface area contributed by atoms with Crippen LogP contribution in [0.1, 0.15) is 45.2 Å². The molecule has 0 aliphatic carbocycles. The molecule has 0 fully saturated rings. The van der Waals surface area contributed by atoms with Crippen molar-refractivity contribution >= 4 is 98.1 Å². The third-order valence-corrected chi connectivity index (χ3v) is 5.49. The monoisotopic (exact) mass is 1180 g/mol. The SMILES string of the molecule is C.C.CC#N.CO.Cl.FC(F)(F)c1nnc(CCl)o1.FC(F)(F)c1nnc2n1CCNC2.NCCN.NN.O=C(CCl)NNC(=O)C(F)(F)F.O=C(NNC1=NCCNC1)C(F)(F)F.O=P(Cl)(Cl)Cl. The molecule has 0 spiro atoms. The Kier molecular flexibility index (Phi) is 53.1. The third-order valence-electron chi connectivity index (χ3n) is 5.02. The maximum Gasteiger partial charge on any atom is 0.472 e. The van der Waals surface area contributed by atoms with Crippen LogP contribution in [0, 0.1) is 11.3 Å². The number of hydrogen-bond acceptors (Lipinski definition) is 19. The number of carbonyl (C=O) groups is 3. The van der Waals surface area contributed by atoms with Crippen molar-refractivity contribution in [3.8, 4) is 6.07 Å². The first-order valence-electron chi connectivity index (χ1n) is 16.3. The second-order valence-corrected chi connectivity index (χ2v) is 17.0. The van der Waals surface area contributed by atoms with Gasteiger partial charge in [0.25, 0.3) is 5.91 Å². The zero-order chi connectivity index (χ0) is 53.0. The van der Waals surface area contributed by atoms with Gasteiger partial charge < -0.3 is 36.2 Å². The van der Waals surface area contributed by atoms with Gasteiger partial charge in [-0.1, -0.05) is 14.9 Å². The summed E-state index contributed by atoms with van der Waals surface area (Å²) in [6.45, 7) is 5.25. The highest BCUT2D eigenvalue weighted by atomic mass is 36.0. The van der Waals surface area contributed by atoms with Crippen LogP contribution in [0.3, 0.4) is 0 Å². The van der Waals surface area contributed by atoms with Crippen molar-refractivity contribution in [3.63, 3.8) is 0 Å². The van der Waals surface area contributed by atoms with Gasteiger partial charge in [-0.25, -0.2) is 0 Å². The summed E-state index contributed by atoms with van der Waals surface area (Å²) in [7, 11) is 1.00. The molecule has 0 saturated heterocycles. The van der Waals surface area contributed by atoms with Crippen molar-refractivity contribution in [2.75, 3.05) is 52.3 Å². The molecule has 4 rings (SSSR count). The van der Waals surface area contributed by atoms with Gasteiger partial charge in [-0.3, -0.25) is 57.3 Å². The number of nitrogens with two attached hydrogens (primary N) is 4. The van der Waals surface area contributed by atoms with Crippen LogP contribution in [-0.4, -0.2) is 118 Å². The Morgan fingerprint density at radius 1 is 0.812 bits per heavy atom.